The Balaban J connectivity index is 1.47. The first kappa shape index (κ1) is 18.9. The van der Waals surface area contributed by atoms with Gasteiger partial charge in [-0.25, -0.2) is 4.98 Å². The van der Waals surface area contributed by atoms with Crippen LogP contribution in [0.5, 0.6) is 5.75 Å². The van der Waals surface area contributed by atoms with Gasteiger partial charge in [0, 0.05) is 23.4 Å². The molecule has 1 saturated heterocycles. The van der Waals surface area contributed by atoms with E-state index in [1.54, 1.807) is 34.4 Å². The van der Waals surface area contributed by atoms with Crippen LogP contribution >= 0.6 is 34.3 Å². The van der Waals surface area contributed by atoms with Gasteiger partial charge in [0.1, 0.15) is 5.75 Å². The Morgan fingerprint density at radius 3 is 2.96 bits per heavy atom. The first-order valence-corrected chi connectivity index (χ1v) is 10.6. The number of carbonyl (C=O) groups excluding carboxylic acids is 2. The van der Waals surface area contributed by atoms with E-state index < -0.39 is 5.92 Å². The summed E-state index contributed by atoms with van der Waals surface area (Å²) in [5.41, 5.74) is 1.41. The van der Waals surface area contributed by atoms with Crippen molar-refractivity contribution in [1.29, 1.82) is 0 Å². The molecule has 0 aliphatic carbocycles. The molecule has 0 saturated carbocycles. The number of anilines is 2. The number of ether oxygens (including phenoxy) is 1. The van der Waals surface area contributed by atoms with Crippen molar-refractivity contribution in [3.05, 3.63) is 46.1 Å². The summed E-state index contributed by atoms with van der Waals surface area (Å²) < 4.78 is 5.33. The fourth-order valence-corrected chi connectivity index (χ4v) is 4.71. The highest BCUT2D eigenvalue weighted by Crippen LogP contribution is 2.36. The Bertz CT molecular complexity index is 1020. The van der Waals surface area contributed by atoms with Crippen LogP contribution in [0.15, 0.2) is 41.1 Å². The molecular weight excluding hydrogens is 418 g/mol. The Morgan fingerprint density at radius 1 is 1.36 bits per heavy atom. The molecule has 1 unspecified atom stereocenters. The van der Waals surface area contributed by atoms with Crippen molar-refractivity contribution >= 4 is 56.9 Å². The van der Waals surface area contributed by atoms with E-state index in [0.29, 0.717) is 21.6 Å². The second kappa shape index (κ2) is 7.90. The van der Waals surface area contributed by atoms with Crippen molar-refractivity contribution in [1.82, 2.24) is 4.98 Å². The summed E-state index contributed by atoms with van der Waals surface area (Å²) in [4.78, 5) is 32.3. The minimum atomic E-state index is -0.467. The monoisotopic (exact) mass is 433 g/mol. The van der Waals surface area contributed by atoms with Crippen LogP contribution in [0.1, 0.15) is 6.42 Å². The fraction of sp³-hybridized carbons (Fsp3) is 0.211. The highest BCUT2D eigenvalue weighted by atomic mass is 35.5. The third kappa shape index (κ3) is 3.76. The number of aromatic nitrogens is 1. The fourth-order valence-electron chi connectivity index (χ4n) is 3.07. The second-order valence-electron chi connectivity index (χ2n) is 6.23. The second-order valence-corrected chi connectivity index (χ2v) is 8.47. The molecule has 1 aliphatic heterocycles. The molecule has 1 aliphatic rings. The molecule has 28 heavy (non-hydrogen) atoms. The average molecular weight is 434 g/mol. The summed E-state index contributed by atoms with van der Waals surface area (Å²) >= 11 is 9.03. The molecule has 3 heterocycles. The average Bonchev–Trinajstić information content (AvgIpc) is 3.42. The number of rotatable bonds is 5. The number of methoxy groups -OCH3 is 1. The van der Waals surface area contributed by atoms with Gasteiger partial charge in [-0.2, -0.15) is 0 Å². The predicted octanol–water partition coefficient (Wildman–Crippen LogP) is 4.53. The molecule has 144 valence electrons. The van der Waals surface area contributed by atoms with Crippen LogP contribution in [0, 0.1) is 5.92 Å². The Labute approximate surface area is 174 Å². The van der Waals surface area contributed by atoms with Crippen LogP contribution in [0.25, 0.3) is 10.6 Å². The predicted molar refractivity (Wildman–Crippen MR) is 113 cm³/mol. The molecule has 1 aromatic carbocycles. The molecule has 2 aromatic heterocycles. The van der Waals surface area contributed by atoms with Gasteiger partial charge in [-0.3, -0.25) is 9.59 Å². The van der Waals surface area contributed by atoms with Gasteiger partial charge < -0.3 is 15.0 Å². The normalized spacial score (nSPS) is 16.4. The van der Waals surface area contributed by atoms with Crippen LogP contribution in [-0.4, -0.2) is 30.5 Å². The molecule has 1 N–H and O–H groups in total. The maximum Gasteiger partial charge on any atom is 0.231 e. The lowest BCUT2D eigenvalue weighted by Crippen LogP contribution is -2.28. The molecule has 2 amide bonds. The Kier molecular flexibility index (Phi) is 5.34. The molecule has 1 fully saturated rings. The maximum atomic E-state index is 12.7. The molecule has 1 atom stereocenters. The number of amides is 2. The van der Waals surface area contributed by atoms with E-state index in [4.69, 9.17) is 16.3 Å². The molecular formula is C19H16ClN3O3S2. The van der Waals surface area contributed by atoms with Crippen molar-refractivity contribution in [3.8, 4) is 16.3 Å². The number of thiophene rings is 1. The van der Waals surface area contributed by atoms with Crippen molar-refractivity contribution in [3.63, 3.8) is 0 Å². The number of nitrogens with zero attached hydrogens (tertiary/aromatic N) is 2. The van der Waals surface area contributed by atoms with E-state index in [9.17, 15) is 9.59 Å². The van der Waals surface area contributed by atoms with Gasteiger partial charge in [0.2, 0.25) is 11.8 Å². The first-order chi connectivity index (χ1) is 13.5. The van der Waals surface area contributed by atoms with Gasteiger partial charge in [0.25, 0.3) is 0 Å². The zero-order valence-corrected chi connectivity index (χ0v) is 17.2. The zero-order chi connectivity index (χ0) is 19.7. The summed E-state index contributed by atoms with van der Waals surface area (Å²) in [5, 5.41) is 7.75. The van der Waals surface area contributed by atoms with Crippen LogP contribution in [-0.2, 0) is 9.59 Å². The third-order valence-corrected chi connectivity index (χ3v) is 6.32. The number of halogens is 1. The molecule has 9 heteroatoms. The standard InChI is InChI=1S/C19H16ClN3O3S2/c1-26-15-5-4-12(20)8-14(15)23-9-11(7-17(23)24)18(25)22-19-21-13(10-28-19)16-3-2-6-27-16/h2-6,8,10-11H,7,9H2,1H3,(H,21,22,25). The highest BCUT2D eigenvalue weighted by molar-refractivity contribution is 7.16. The van der Waals surface area contributed by atoms with E-state index in [1.165, 1.54) is 18.4 Å². The minimum Gasteiger partial charge on any atom is -0.495 e. The lowest BCUT2D eigenvalue weighted by atomic mass is 10.1. The molecule has 3 aromatic rings. The zero-order valence-electron chi connectivity index (χ0n) is 14.8. The minimum absolute atomic E-state index is 0.130. The molecule has 0 bridgehead atoms. The lowest BCUT2D eigenvalue weighted by Gasteiger charge is -2.19. The summed E-state index contributed by atoms with van der Waals surface area (Å²) in [5.74, 6) is -0.285. The van der Waals surface area contributed by atoms with Gasteiger partial charge in [-0.1, -0.05) is 17.7 Å². The molecule has 0 radical (unpaired) electrons. The van der Waals surface area contributed by atoms with Crippen molar-refractivity contribution < 1.29 is 14.3 Å². The summed E-state index contributed by atoms with van der Waals surface area (Å²) in [6.07, 6.45) is 0.130. The molecule has 4 rings (SSSR count). The quantitative estimate of drug-likeness (QED) is 0.641. The van der Waals surface area contributed by atoms with Crippen LogP contribution in [0.2, 0.25) is 5.02 Å². The van der Waals surface area contributed by atoms with Crippen molar-refractivity contribution in [2.75, 3.05) is 23.9 Å². The number of hydrogen-bond donors (Lipinski definition) is 1. The van der Waals surface area contributed by atoms with Crippen LogP contribution in [0.4, 0.5) is 10.8 Å². The van der Waals surface area contributed by atoms with Crippen molar-refractivity contribution in [2.45, 2.75) is 6.42 Å². The lowest BCUT2D eigenvalue weighted by molar-refractivity contribution is -0.122. The highest BCUT2D eigenvalue weighted by Gasteiger charge is 2.36. The summed E-state index contributed by atoms with van der Waals surface area (Å²) in [6, 6.07) is 9.02. The first-order valence-electron chi connectivity index (χ1n) is 8.49. The maximum absolute atomic E-state index is 12.7. The summed E-state index contributed by atoms with van der Waals surface area (Å²) in [7, 11) is 1.53. The van der Waals surface area contributed by atoms with Gasteiger partial charge in [-0.05, 0) is 29.6 Å². The molecule has 0 spiro atoms. The number of nitrogens with one attached hydrogen (secondary N) is 1. The van der Waals surface area contributed by atoms with E-state index in [2.05, 4.69) is 10.3 Å². The number of thiazole rings is 1. The van der Waals surface area contributed by atoms with E-state index in [1.807, 2.05) is 22.9 Å². The van der Waals surface area contributed by atoms with E-state index in [-0.39, 0.29) is 24.8 Å². The topological polar surface area (TPSA) is 71.5 Å². The number of benzene rings is 1. The number of carbonyl (C=O) groups is 2. The molecule has 6 nitrogen and oxygen atoms in total. The van der Waals surface area contributed by atoms with Gasteiger partial charge >= 0.3 is 0 Å². The van der Waals surface area contributed by atoms with Gasteiger partial charge in [0.05, 0.1) is 29.3 Å². The SMILES string of the molecule is COc1ccc(Cl)cc1N1CC(C(=O)Nc2nc(-c3cccs3)cs2)CC1=O. The van der Waals surface area contributed by atoms with Crippen LogP contribution in [0.3, 0.4) is 0 Å². The largest absolute Gasteiger partial charge is 0.495 e. The van der Waals surface area contributed by atoms with Gasteiger partial charge in [0.15, 0.2) is 5.13 Å². The third-order valence-electron chi connectivity index (χ3n) is 4.44. The van der Waals surface area contributed by atoms with Crippen molar-refractivity contribution in [2.24, 2.45) is 5.92 Å². The van der Waals surface area contributed by atoms with Crippen LogP contribution < -0.4 is 15.0 Å². The van der Waals surface area contributed by atoms with E-state index in [0.717, 1.165) is 10.6 Å². The smallest absolute Gasteiger partial charge is 0.231 e. The Hall–Kier alpha value is -2.42. The Morgan fingerprint density at radius 2 is 2.21 bits per heavy atom. The van der Waals surface area contributed by atoms with E-state index >= 15 is 0 Å². The summed E-state index contributed by atoms with van der Waals surface area (Å²) in [6.45, 7) is 0.268. The van der Waals surface area contributed by atoms with Gasteiger partial charge in [-0.15, -0.1) is 22.7 Å². The number of hydrogen-bond acceptors (Lipinski definition) is 6.